The van der Waals surface area contributed by atoms with Gasteiger partial charge in [0.25, 0.3) is 0 Å². The van der Waals surface area contributed by atoms with Crippen LogP contribution in [0.3, 0.4) is 0 Å². The van der Waals surface area contributed by atoms with Crippen LogP contribution >= 0.6 is 0 Å². The second-order valence-electron chi connectivity index (χ2n) is 0. The van der Waals surface area contributed by atoms with Gasteiger partial charge in [-0.1, -0.05) is 0 Å². The van der Waals surface area contributed by atoms with E-state index < -0.39 is 0 Å². The minimum Gasteiger partial charge on any atom is -2.00 e. The summed E-state index contributed by atoms with van der Waals surface area (Å²) in [5.41, 5.74) is 0. The summed E-state index contributed by atoms with van der Waals surface area (Å²) in [5.74, 6) is 0. The van der Waals surface area contributed by atoms with Gasteiger partial charge in [0, 0.05) is 0 Å². The standard InChI is InChI=1S/ClH.Mg.2O.Ti/h1H;;;;/q;+2;2*-2;+4/p-1. The molecule has 24 valence electrons. The second-order valence-corrected chi connectivity index (χ2v) is 0. The topological polar surface area (TPSA) is 57.0 Å². The molecule has 0 aliphatic rings. The Balaban J connectivity index is 0. The third-order valence-corrected chi connectivity index (χ3v) is 0. The van der Waals surface area contributed by atoms with Crippen molar-refractivity contribution in [2.45, 2.75) is 0 Å². The summed E-state index contributed by atoms with van der Waals surface area (Å²) in [6, 6.07) is 0. The Kier molecular flexibility index (Phi) is 664. The van der Waals surface area contributed by atoms with Crippen molar-refractivity contribution in [3.63, 3.8) is 0 Å². The fraction of sp³-hybridized carbons (Fsp3) is 0. The van der Waals surface area contributed by atoms with Gasteiger partial charge in [0.05, 0.1) is 0 Å². The van der Waals surface area contributed by atoms with Gasteiger partial charge in [-0.05, 0) is 0 Å². The molecule has 0 heterocycles. The average molecular weight is 140 g/mol. The molecule has 0 radical (unpaired) electrons. The monoisotopic (exact) mass is 139 g/mol. The van der Waals surface area contributed by atoms with Crippen molar-refractivity contribution in [2.75, 3.05) is 0 Å². The molecule has 0 bridgehead atoms. The Labute approximate surface area is 67.8 Å². The molecule has 0 rings (SSSR count). The molecule has 0 spiro atoms. The van der Waals surface area contributed by atoms with Gasteiger partial charge in [-0.15, -0.1) is 0 Å². The normalized spacial score (nSPS) is 0. The van der Waals surface area contributed by atoms with Gasteiger partial charge in [0.2, 0.25) is 0 Å². The fourth-order valence-corrected chi connectivity index (χ4v) is 0. The Morgan fingerprint density at radius 2 is 0.800 bits per heavy atom. The van der Waals surface area contributed by atoms with Crippen LogP contribution in [0.1, 0.15) is 0 Å². The molecule has 0 aliphatic heterocycles. The number of hydrogen-bond acceptors (Lipinski definition) is 0. The van der Waals surface area contributed by atoms with Gasteiger partial charge in [-0.3, -0.25) is 0 Å². The van der Waals surface area contributed by atoms with Crippen LogP contribution in [0.4, 0.5) is 0 Å². The summed E-state index contributed by atoms with van der Waals surface area (Å²) in [5, 5.41) is 0. The van der Waals surface area contributed by atoms with E-state index in [1.165, 1.54) is 0 Å². The molecule has 0 fully saturated rings. The zero-order valence-electron chi connectivity index (χ0n) is 2.40. The summed E-state index contributed by atoms with van der Waals surface area (Å²) < 4.78 is 0. The fourth-order valence-electron chi connectivity index (χ4n) is 0. The maximum Gasteiger partial charge on any atom is 4.00 e. The van der Waals surface area contributed by atoms with E-state index in [-0.39, 0.29) is 68.1 Å². The van der Waals surface area contributed by atoms with Gasteiger partial charge in [-0.25, -0.2) is 0 Å². The smallest absolute Gasteiger partial charge is 2.00 e. The number of hydrogen-bond donors (Lipinski definition) is 0. The van der Waals surface area contributed by atoms with E-state index in [4.69, 9.17) is 0 Å². The predicted molar refractivity (Wildman–Crippen MR) is 7.13 cm³/mol. The Hall–Kier alpha value is 1.69. The Morgan fingerprint density at radius 3 is 0.800 bits per heavy atom. The van der Waals surface area contributed by atoms with Gasteiger partial charge in [0.15, 0.2) is 0 Å². The Morgan fingerprint density at radius 1 is 0.800 bits per heavy atom. The van der Waals surface area contributed by atoms with Crippen LogP contribution in [0, 0.1) is 0 Å². The van der Waals surface area contributed by atoms with E-state index in [1.807, 2.05) is 0 Å². The molecule has 0 amide bonds. The summed E-state index contributed by atoms with van der Waals surface area (Å²) in [4.78, 5) is 0. The van der Waals surface area contributed by atoms with Crippen molar-refractivity contribution >= 4 is 23.1 Å². The van der Waals surface area contributed by atoms with Crippen molar-refractivity contribution < 1.29 is 45.1 Å². The van der Waals surface area contributed by atoms with Crippen LogP contribution in [-0.4, -0.2) is 23.1 Å². The summed E-state index contributed by atoms with van der Waals surface area (Å²) in [6.07, 6.45) is 0. The first-order valence-corrected chi connectivity index (χ1v) is 0. The largest absolute Gasteiger partial charge is 4.00 e. The first-order valence-electron chi connectivity index (χ1n) is 0. The first kappa shape index (κ1) is 75.8. The SMILES string of the molecule is [Cl-].[Mg+2].[O-2].[O-2].[Ti+4]. The zero-order chi connectivity index (χ0) is 0. The van der Waals surface area contributed by atoms with Crippen molar-refractivity contribution in [3.8, 4) is 0 Å². The van der Waals surface area contributed by atoms with E-state index >= 15 is 0 Å². The molecule has 0 atom stereocenters. The zero-order valence-corrected chi connectivity index (χ0v) is 6.13. The van der Waals surface area contributed by atoms with Crippen LogP contribution in [0.15, 0.2) is 0 Å². The quantitative estimate of drug-likeness (QED) is 0.312. The van der Waals surface area contributed by atoms with Crippen molar-refractivity contribution in [1.29, 1.82) is 0 Å². The molecule has 0 saturated carbocycles. The van der Waals surface area contributed by atoms with Crippen molar-refractivity contribution in [1.82, 2.24) is 0 Å². The summed E-state index contributed by atoms with van der Waals surface area (Å²) in [7, 11) is 0. The molecule has 2 nitrogen and oxygen atoms in total. The minimum atomic E-state index is 0. The summed E-state index contributed by atoms with van der Waals surface area (Å²) in [6.45, 7) is 0. The van der Waals surface area contributed by atoms with Crippen LogP contribution in [0.5, 0.6) is 0 Å². The molecular weight excluding hydrogens is 140 g/mol. The van der Waals surface area contributed by atoms with Gasteiger partial charge < -0.3 is 23.4 Å². The molecular formula is ClMgO2Ti+. The number of rotatable bonds is 0. The molecule has 0 aromatic carbocycles. The van der Waals surface area contributed by atoms with E-state index in [9.17, 15) is 0 Å². The van der Waals surface area contributed by atoms with E-state index in [0.717, 1.165) is 0 Å². The van der Waals surface area contributed by atoms with E-state index in [0.29, 0.717) is 0 Å². The average Bonchev–Trinajstić information content (AvgIpc) is 0. The molecule has 0 saturated heterocycles. The third kappa shape index (κ3) is 27.1. The maximum absolute atomic E-state index is 0. The van der Waals surface area contributed by atoms with Crippen LogP contribution in [-0.2, 0) is 32.7 Å². The van der Waals surface area contributed by atoms with Gasteiger partial charge >= 0.3 is 44.8 Å². The van der Waals surface area contributed by atoms with E-state index in [1.54, 1.807) is 0 Å². The van der Waals surface area contributed by atoms with Crippen molar-refractivity contribution in [2.24, 2.45) is 0 Å². The minimum absolute atomic E-state index is 0. The summed E-state index contributed by atoms with van der Waals surface area (Å²) >= 11 is 0. The third-order valence-electron chi connectivity index (χ3n) is 0. The first-order chi connectivity index (χ1) is 0. The molecule has 0 N–H and O–H groups in total. The molecule has 5 heteroatoms. The molecule has 0 aromatic heterocycles. The molecule has 0 aromatic rings. The van der Waals surface area contributed by atoms with Crippen LogP contribution in [0.2, 0.25) is 0 Å². The second kappa shape index (κ2) is 43.8. The Bertz CT molecular complexity index is 9.61. The van der Waals surface area contributed by atoms with Gasteiger partial charge in [-0.2, -0.15) is 0 Å². The van der Waals surface area contributed by atoms with Crippen molar-refractivity contribution in [3.05, 3.63) is 0 Å². The van der Waals surface area contributed by atoms with E-state index in [2.05, 4.69) is 0 Å². The maximum atomic E-state index is 0. The molecule has 0 unspecified atom stereocenters. The molecule has 0 aliphatic carbocycles. The van der Waals surface area contributed by atoms with Crippen LogP contribution in [0.25, 0.3) is 0 Å². The van der Waals surface area contributed by atoms with Crippen LogP contribution < -0.4 is 12.4 Å². The molecule has 5 heavy (non-hydrogen) atoms. The number of halogens is 1. The predicted octanol–water partition coefficient (Wildman–Crippen LogP) is -3.62. The van der Waals surface area contributed by atoms with Gasteiger partial charge in [0.1, 0.15) is 0 Å².